The number of carbonyl (C=O) groups is 1. The van der Waals surface area contributed by atoms with Crippen molar-refractivity contribution < 1.29 is 9.53 Å². The van der Waals surface area contributed by atoms with Crippen molar-refractivity contribution in [1.82, 2.24) is 10.2 Å². The monoisotopic (exact) mass is 146 g/mol. The van der Waals surface area contributed by atoms with E-state index in [1.807, 2.05) is 0 Å². The molecule has 0 bridgehead atoms. The van der Waals surface area contributed by atoms with E-state index in [9.17, 15) is 4.79 Å². The summed E-state index contributed by atoms with van der Waals surface area (Å²) < 4.78 is 4.74. The molecule has 0 aromatic rings. The number of methoxy groups -OCH3 is 1. The molecule has 0 aromatic carbocycles. The van der Waals surface area contributed by atoms with E-state index in [0.29, 0.717) is 13.2 Å². The second-order valence-corrected chi connectivity index (χ2v) is 2.12. The van der Waals surface area contributed by atoms with Crippen LogP contribution in [-0.2, 0) is 4.74 Å². The van der Waals surface area contributed by atoms with Gasteiger partial charge in [0.15, 0.2) is 0 Å². The lowest BCUT2D eigenvalue weighted by atomic mass is 10.6. The molecule has 0 aliphatic carbocycles. The molecule has 0 spiro atoms. The van der Waals surface area contributed by atoms with E-state index < -0.39 is 0 Å². The molecule has 0 aromatic heterocycles. The number of hydrogen-bond acceptors (Lipinski definition) is 2. The Hall–Kier alpha value is -0.770. The summed E-state index contributed by atoms with van der Waals surface area (Å²) >= 11 is 0. The Morgan fingerprint density at radius 3 is 2.60 bits per heavy atom. The summed E-state index contributed by atoms with van der Waals surface area (Å²) in [6.07, 6.45) is 0. The van der Waals surface area contributed by atoms with Gasteiger partial charge in [-0.05, 0) is 0 Å². The standard InChI is InChI=1S/C6H14N2O2/c1-8(2)6(9)7-4-5-10-3/h4-5H2,1-3H3,(H,7,9). The van der Waals surface area contributed by atoms with Crippen LogP contribution < -0.4 is 5.32 Å². The Morgan fingerprint density at radius 2 is 2.20 bits per heavy atom. The van der Waals surface area contributed by atoms with Crippen LogP contribution in [0.4, 0.5) is 4.79 Å². The van der Waals surface area contributed by atoms with Gasteiger partial charge in [-0.3, -0.25) is 0 Å². The van der Waals surface area contributed by atoms with Gasteiger partial charge in [-0.25, -0.2) is 4.79 Å². The Labute approximate surface area is 61.1 Å². The molecule has 0 unspecified atom stereocenters. The zero-order valence-electron chi connectivity index (χ0n) is 6.68. The Kier molecular flexibility index (Phi) is 4.66. The second-order valence-electron chi connectivity index (χ2n) is 2.12. The van der Waals surface area contributed by atoms with Crippen molar-refractivity contribution in [2.24, 2.45) is 0 Å². The van der Waals surface area contributed by atoms with Crippen LogP contribution in [-0.4, -0.2) is 45.3 Å². The van der Waals surface area contributed by atoms with E-state index in [1.54, 1.807) is 21.2 Å². The Morgan fingerprint density at radius 1 is 1.60 bits per heavy atom. The van der Waals surface area contributed by atoms with E-state index >= 15 is 0 Å². The molecule has 0 heterocycles. The van der Waals surface area contributed by atoms with Crippen molar-refractivity contribution in [1.29, 1.82) is 0 Å². The van der Waals surface area contributed by atoms with Crippen molar-refractivity contribution in [2.75, 3.05) is 34.4 Å². The molecule has 4 heteroatoms. The van der Waals surface area contributed by atoms with Gasteiger partial charge >= 0.3 is 6.03 Å². The summed E-state index contributed by atoms with van der Waals surface area (Å²) in [6, 6.07) is -0.0861. The fourth-order valence-electron chi connectivity index (χ4n) is 0.418. The molecule has 0 radical (unpaired) electrons. The zero-order valence-corrected chi connectivity index (χ0v) is 6.68. The van der Waals surface area contributed by atoms with Gasteiger partial charge in [0.25, 0.3) is 0 Å². The van der Waals surface area contributed by atoms with Gasteiger partial charge in [0.05, 0.1) is 6.61 Å². The number of urea groups is 1. The van der Waals surface area contributed by atoms with Crippen molar-refractivity contribution in [3.8, 4) is 0 Å². The highest BCUT2D eigenvalue weighted by atomic mass is 16.5. The van der Waals surface area contributed by atoms with Crippen LogP contribution >= 0.6 is 0 Å². The number of nitrogens with one attached hydrogen (secondary N) is 1. The van der Waals surface area contributed by atoms with Crippen LogP contribution in [0.2, 0.25) is 0 Å². The lowest BCUT2D eigenvalue weighted by Gasteiger charge is -2.10. The minimum absolute atomic E-state index is 0.0861. The van der Waals surface area contributed by atoms with Crippen LogP contribution in [0.1, 0.15) is 0 Å². The third kappa shape index (κ3) is 4.14. The van der Waals surface area contributed by atoms with Crippen molar-refractivity contribution >= 4 is 6.03 Å². The highest BCUT2D eigenvalue weighted by Gasteiger charge is 1.99. The molecule has 60 valence electrons. The van der Waals surface area contributed by atoms with Crippen molar-refractivity contribution in [3.63, 3.8) is 0 Å². The largest absolute Gasteiger partial charge is 0.383 e. The van der Waals surface area contributed by atoms with E-state index in [0.717, 1.165) is 0 Å². The second kappa shape index (κ2) is 5.05. The maximum Gasteiger partial charge on any atom is 0.316 e. The quantitative estimate of drug-likeness (QED) is 0.565. The van der Waals surface area contributed by atoms with E-state index in [-0.39, 0.29) is 6.03 Å². The lowest BCUT2D eigenvalue weighted by Crippen LogP contribution is -2.36. The van der Waals surface area contributed by atoms with E-state index in [2.05, 4.69) is 5.32 Å². The highest BCUT2D eigenvalue weighted by Crippen LogP contribution is 1.75. The summed E-state index contributed by atoms with van der Waals surface area (Å²) in [7, 11) is 4.99. The number of amides is 2. The predicted molar refractivity (Wildman–Crippen MR) is 39.0 cm³/mol. The van der Waals surface area contributed by atoms with Crippen LogP contribution in [0.25, 0.3) is 0 Å². The fraction of sp³-hybridized carbons (Fsp3) is 0.833. The van der Waals surface area contributed by atoms with Gasteiger partial charge in [0.2, 0.25) is 0 Å². The topological polar surface area (TPSA) is 41.6 Å². The predicted octanol–water partition coefficient (Wildman–Crippen LogP) is -0.0960. The highest BCUT2D eigenvalue weighted by molar-refractivity contribution is 5.73. The van der Waals surface area contributed by atoms with Gasteiger partial charge in [-0.1, -0.05) is 0 Å². The van der Waals surface area contributed by atoms with Gasteiger partial charge in [-0.15, -0.1) is 0 Å². The molecule has 1 N–H and O–H groups in total. The smallest absolute Gasteiger partial charge is 0.316 e. The molecule has 0 aliphatic rings. The first-order valence-corrected chi connectivity index (χ1v) is 3.12. The summed E-state index contributed by atoms with van der Waals surface area (Å²) in [6.45, 7) is 1.12. The van der Waals surface area contributed by atoms with Gasteiger partial charge in [-0.2, -0.15) is 0 Å². The van der Waals surface area contributed by atoms with Gasteiger partial charge in [0.1, 0.15) is 0 Å². The molecule has 0 fully saturated rings. The number of hydrogen-bond donors (Lipinski definition) is 1. The third-order valence-electron chi connectivity index (χ3n) is 0.989. The number of rotatable bonds is 3. The normalized spacial score (nSPS) is 9.10. The molecule has 2 amide bonds. The van der Waals surface area contributed by atoms with E-state index in [1.165, 1.54) is 4.90 Å². The zero-order chi connectivity index (χ0) is 7.98. The molecule has 0 rings (SSSR count). The first kappa shape index (κ1) is 9.23. The first-order valence-electron chi connectivity index (χ1n) is 3.12. The van der Waals surface area contributed by atoms with Crippen LogP contribution in [0.5, 0.6) is 0 Å². The Bertz CT molecular complexity index is 104. The minimum Gasteiger partial charge on any atom is -0.383 e. The maximum absolute atomic E-state index is 10.8. The summed E-state index contributed by atoms with van der Waals surface area (Å²) in [4.78, 5) is 12.3. The molecular formula is C6H14N2O2. The van der Waals surface area contributed by atoms with Gasteiger partial charge < -0.3 is 15.0 Å². The number of carbonyl (C=O) groups excluding carboxylic acids is 1. The molecule has 0 saturated heterocycles. The maximum atomic E-state index is 10.8. The number of nitrogens with zero attached hydrogens (tertiary/aromatic N) is 1. The average molecular weight is 146 g/mol. The molecular weight excluding hydrogens is 132 g/mol. The summed E-state index contributed by atoms with van der Waals surface area (Å²) in [5.41, 5.74) is 0. The first-order chi connectivity index (χ1) is 4.68. The van der Waals surface area contributed by atoms with E-state index in [4.69, 9.17) is 4.74 Å². The molecule has 4 nitrogen and oxygen atoms in total. The molecule has 0 atom stereocenters. The molecule has 10 heavy (non-hydrogen) atoms. The van der Waals surface area contributed by atoms with Gasteiger partial charge in [0, 0.05) is 27.7 Å². The summed E-state index contributed by atoms with van der Waals surface area (Å²) in [5.74, 6) is 0. The SMILES string of the molecule is COCCNC(=O)N(C)C. The Balaban J connectivity index is 3.22. The third-order valence-corrected chi connectivity index (χ3v) is 0.989. The summed E-state index contributed by atoms with van der Waals surface area (Å²) in [5, 5.41) is 2.64. The van der Waals surface area contributed by atoms with Crippen LogP contribution in [0.3, 0.4) is 0 Å². The molecule has 0 aliphatic heterocycles. The lowest BCUT2D eigenvalue weighted by molar-refractivity contribution is 0.188. The van der Waals surface area contributed by atoms with Crippen LogP contribution in [0, 0.1) is 0 Å². The van der Waals surface area contributed by atoms with Crippen LogP contribution in [0.15, 0.2) is 0 Å². The number of ether oxygens (including phenoxy) is 1. The minimum atomic E-state index is -0.0861. The van der Waals surface area contributed by atoms with Crippen molar-refractivity contribution in [2.45, 2.75) is 0 Å². The average Bonchev–Trinajstić information content (AvgIpc) is 1.88. The van der Waals surface area contributed by atoms with Crippen molar-refractivity contribution in [3.05, 3.63) is 0 Å². The fourth-order valence-corrected chi connectivity index (χ4v) is 0.418. The molecule has 0 saturated carbocycles.